The lowest BCUT2D eigenvalue weighted by Gasteiger charge is -2.32. The van der Waals surface area contributed by atoms with Crippen LogP contribution < -0.4 is 14.8 Å². The van der Waals surface area contributed by atoms with Gasteiger partial charge >= 0.3 is 0 Å². The van der Waals surface area contributed by atoms with Crippen LogP contribution in [0.5, 0.6) is 11.5 Å². The number of halogens is 1. The number of ether oxygens (including phenoxy) is 2. The SMILES string of the molecule is CNCCC1CCN(C(=O)Cc2cc3c(cc2[N+](=O)[O-])OCCO3)CC1.Cl. The number of nitro groups is 1. The molecular formula is C18H26ClN3O5. The molecule has 0 aromatic heterocycles. The van der Waals surface area contributed by atoms with Crippen molar-refractivity contribution in [1.29, 1.82) is 0 Å². The van der Waals surface area contributed by atoms with Crippen molar-refractivity contribution >= 4 is 24.0 Å². The molecule has 0 spiro atoms. The van der Waals surface area contributed by atoms with E-state index >= 15 is 0 Å². The second kappa shape index (κ2) is 9.75. The zero-order chi connectivity index (χ0) is 18.5. The van der Waals surface area contributed by atoms with Gasteiger partial charge in [0.2, 0.25) is 5.91 Å². The number of nitro benzene ring substituents is 1. The summed E-state index contributed by atoms with van der Waals surface area (Å²) in [5.74, 6) is 1.40. The number of carbonyl (C=O) groups is 1. The van der Waals surface area contributed by atoms with E-state index in [1.54, 1.807) is 6.07 Å². The van der Waals surface area contributed by atoms with Crippen molar-refractivity contribution in [2.45, 2.75) is 25.7 Å². The molecule has 0 saturated carbocycles. The van der Waals surface area contributed by atoms with E-state index in [4.69, 9.17) is 9.47 Å². The van der Waals surface area contributed by atoms with E-state index in [0.29, 0.717) is 49.3 Å². The van der Waals surface area contributed by atoms with Crippen molar-refractivity contribution in [2.75, 3.05) is 39.9 Å². The highest BCUT2D eigenvalue weighted by atomic mass is 35.5. The Morgan fingerprint density at radius 3 is 2.48 bits per heavy atom. The van der Waals surface area contributed by atoms with Gasteiger partial charge in [-0.25, -0.2) is 0 Å². The third kappa shape index (κ3) is 5.23. The lowest BCUT2D eigenvalue weighted by atomic mass is 9.93. The van der Waals surface area contributed by atoms with Gasteiger partial charge in [0.05, 0.1) is 17.4 Å². The minimum absolute atomic E-state index is 0. The molecule has 1 N–H and O–H groups in total. The lowest BCUT2D eigenvalue weighted by Crippen LogP contribution is -2.39. The fourth-order valence-electron chi connectivity index (χ4n) is 3.53. The molecule has 1 aromatic carbocycles. The Morgan fingerprint density at radius 1 is 1.26 bits per heavy atom. The first kappa shape index (κ1) is 21.2. The number of nitrogens with zero attached hydrogens (tertiary/aromatic N) is 2. The van der Waals surface area contributed by atoms with E-state index < -0.39 is 4.92 Å². The summed E-state index contributed by atoms with van der Waals surface area (Å²) in [7, 11) is 1.94. The fraction of sp³-hybridized carbons (Fsp3) is 0.611. The van der Waals surface area contributed by atoms with Crippen molar-refractivity contribution in [3.8, 4) is 11.5 Å². The average molecular weight is 400 g/mol. The smallest absolute Gasteiger partial charge is 0.277 e. The number of carbonyl (C=O) groups excluding carboxylic acids is 1. The summed E-state index contributed by atoms with van der Waals surface area (Å²) in [6, 6.07) is 2.94. The van der Waals surface area contributed by atoms with Gasteiger partial charge in [0.1, 0.15) is 13.2 Å². The number of rotatable bonds is 6. The normalized spacial score (nSPS) is 16.6. The zero-order valence-corrected chi connectivity index (χ0v) is 16.3. The standard InChI is InChI=1S/C18H25N3O5.ClH/c1-19-5-2-13-3-6-20(7-4-13)18(22)11-14-10-16-17(26-9-8-25-16)12-15(14)21(23)24;/h10,12-13,19H,2-9,11H2,1H3;1H. The molecule has 9 heteroatoms. The summed E-state index contributed by atoms with van der Waals surface area (Å²) in [4.78, 5) is 25.4. The van der Waals surface area contributed by atoms with Crippen LogP contribution in [0, 0.1) is 16.0 Å². The van der Waals surface area contributed by atoms with Gasteiger partial charge in [0.15, 0.2) is 11.5 Å². The molecular weight excluding hydrogens is 374 g/mol. The van der Waals surface area contributed by atoms with Crippen LogP contribution in [0.4, 0.5) is 5.69 Å². The average Bonchev–Trinajstić information content (AvgIpc) is 2.66. The van der Waals surface area contributed by atoms with Crippen LogP contribution in [0.1, 0.15) is 24.8 Å². The van der Waals surface area contributed by atoms with Gasteiger partial charge in [0, 0.05) is 18.7 Å². The maximum atomic E-state index is 12.7. The molecule has 0 atom stereocenters. The number of hydrogen-bond donors (Lipinski definition) is 1. The van der Waals surface area contributed by atoms with Crippen LogP contribution in [0.25, 0.3) is 0 Å². The molecule has 2 heterocycles. The summed E-state index contributed by atoms with van der Waals surface area (Å²) in [6.07, 6.45) is 3.09. The number of fused-ring (bicyclic) bond motifs is 1. The first-order chi connectivity index (χ1) is 12.6. The van der Waals surface area contributed by atoms with Crippen molar-refractivity contribution in [2.24, 2.45) is 5.92 Å². The fourth-order valence-corrected chi connectivity index (χ4v) is 3.53. The summed E-state index contributed by atoms with van der Waals surface area (Å²) < 4.78 is 10.9. The van der Waals surface area contributed by atoms with Gasteiger partial charge in [-0.1, -0.05) is 0 Å². The van der Waals surface area contributed by atoms with Crippen LogP contribution in [0.3, 0.4) is 0 Å². The molecule has 3 rings (SSSR count). The van der Waals surface area contributed by atoms with E-state index in [2.05, 4.69) is 5.32 Å². The van der Waals surface area contributed by atoms with E-state index in [-0.39, 0.29) is 30.4 Å². The van der Waals surface area contributed by atoms with Crippen LogP contribution in [-0.2, 0) is 11.2 Å². The quantitative estimate of drug-likeness (QED) is 0.582. The van der Waals surface area contributed by atoms with Gasteiger partial charge < -0.3 is 19.7 Å². The number of piperidine rings is 1. The molecule has 1 aromatic rings. The third-order valence-electron chi connectivity index (χ3n) is 5.05. The largest absolute Gasteiger partial charge is 0.486 e. The van der Waals surface area contributed by atoms with Gasteiger partial charge in [-0.05, 0) is 44.8 Å². The van der Waals surface area contributed by atoms with E-state index in [1.165, 1.54) is 6.07 Å². The van der Waals surface area contributed by atoms with Crippen molar-refractivity contribution in [3.05, 3.63) is 27.8 Å². The Hall–Kier alpha value is -2.06. The van der Waals surface area contributed by atoms with Gasteiger partial charge in [-0.3, -0.25) is 14.9 Å². The number of hydrogen-bond acceptors (Lipinski definition) is 6. The van der Waals surface area contributed by atoms with E-state index in [0.717, 1.165) is 25.8 Å². The predicted octanol–water partition coefficient (Wildman–Crippen LogP) is 2.18. The molecule has 27 heavy (non-hydrogen) atoms. The highest BCUT2D eigenvalue weighted by Crippen LogP contribution is 2.37. The molecule has 1 saturated heterocycles. The first-order valence-corrected chi connectivity index (χ1v) is 9.07. The lowest BCUT2D eigenvalue weighted by molar-refractivity contribution is -0.385. The Labute approximate surface area is 164 Å². The molecule has 150 valence electrons. The van der Waals surface area contributed by atoms with Gasteiger partial charge in [0.25, 0.3) is 5.69 Å². The van der Waals surface area contributed by atoms with Gasteiger partial charge in [-0.15, -0.1) is 12.4 Å². The van der Waals surface area contributed by atoms with Gasteiger partial charge in [-0.2, -0.15) is 0 Å². The van der Waals surface area contributed by atoms with E-state index in [9.17, 15) is 14.9 Å². The zero-order valence-electron chi connectivity index (χ0n) is 15.4. The Morgan fingerprint density at radius 2 is 1.89 bits per heavy atom. The number of amides is 1. The summed E-state index contributed by atoms with van der Waals surface area (Å²) >= 11 is 0. The van der Waals surface area contributed by atoms with Crippen LogP contribution >= 0.6 is 12.4 Å². The molecule has 0 aliphatic carbocycles. The predicted molar refractivity (Wildman–Crippen MR) is 103 cm³/mol. The van der Waals surface area contributed by atoms with Crippen LogP contribution in [-0.4, -0.2) is 55.6 Å². The monoisotopic (exact) mass is 399 g/mol. The second-order valence-electron chi connectivity index (χ2n) is 6.77. The van der Waals surface area contributed by atoms with Crippen LogP contribution in [0.2, 0.25) is 0 Å². The Bertz CT molecular complexity index is 677. The third-order valence-corrected chi connectivity index (χ3v) is 5.05. The van der Waals surface area contributed by atoms with E-state index in [1.807, 2.05) is 11.9 Å². The summed E-state index contributed by atoms with van der Waals surface area (Å²) in [5, 5.41) is 14.5. The molecule has 1 amide bonds. The highest BCUT2D eigenvalue weighted by Gasteiger charge is 2.27. The van der Waals surface area contributed by atoms with Crippen LogP contribution in [0.15, 0.2) is 12.1 Å². The molecule has 2 aliphatic heterocycles. The number of benzene rings is 1. The van der Waals surface area contributed by atoms with Crippen molar-refractivity contribution < 1.29 is 19.2 Å². The topological polar surface area (TPSA) is 93.9 Å². The first-order valence-electron chi connectivity index (χ1n) is 9.07. The maximum Gasteiger partial charge on any atom is 0.277 e. The number of nitrogens with one attached hydrogen (secondary N) is 1. The van der Waals surface area contributed by atoms with Crippen molar-refractivity contribution in [1.82, 2.24) is 10.2 Å². The minimum atomic E-state index is -0.467. The molecule has 2 aliphatic rings. The molecule has 8 nitrogen and oxygen atoms in total. The molecule has 0 radical (unpaired) electrons. The minimum Gasteiger partial charge on any atom is -0.486 e. The summed E-state index contributed by atoms with van der Waals surface area (Å²) in [6.45, 7) is 3.18. The molecule has 0 bridgehead atoms. The van der Waals surface area contributed by atoms with Crippen molar-refractivity contribution in [3.63, 3.8) is 0 Å². The Balaban J connectivity index is 0.00000261. The molecule has 1 fully saturated rings. The number of likely N-dealkylation sites (tertiary alicyclic amines) is 1. The maximum absolute atomic E-state index is 12.7. The second-order valence-corrected chi connectivity index (χ2v) is 6.77. The summed E-state index contributed by atoms with van der Waals surface area (Å²) in [5.41, 5.74) is 0.285. The highest BCUT2D eigenvalue weighted by molar-refractivity contribution is 5.85. The Kier molecular flexibility index (Phi) is 7.67. The molecule has 0 unspecified atom stereocenters.